The molecule has 3 rings (SSSR count). The van der Waals surface area contributed by atoms with E-state index in [0.29, 0.717) is 25.1 Å². The minimum atomic E-state index is -0.780. The molecule has 1 aromatic heterocycles. The fourth-order valence-electron chi connectivity index (χ4n) is 3.61. The van der Waals surface area contributed by atoms with Crippen LogP contribution in [0.15, 0.2) is 42.6 Å². The van der Waals surface area contributed by atoms with Crippen LogP contribution in [0.4, 0.5) is 4.39 Å². The van der Waals surface area contributed by atoms with Gasteiger partial charge in [0.15, 0.2) is 0 Å². The second-order valence-corrected chi connectivity index (χ2v) is 6.60. The second-order valence-electron chi connectivity index (χ2n) is 6.60. The van der Waals surface area contributed by atoms with E-state index < -0.39 is 11.9 Å². The lowest BCUT2D eigenvalue weighted by molar-refractivity contribution is -0.144. The summed E-state index contributed by atoms with van der Waals surface area (Å²) in [6, 6.07) is 9.97. The molecule has 5 nitrogen and oxygen atoms in total. The zero-order valence-electron chi connectivity index (χ0n) is 14.8. The molecule has 2 aromatic rings. The number of piperidine rings is 1. The van der Waals surface area contributed by atoms with Gasteiger partial charge in [-0.05, 0) is 49.7 Å². The Balaban J connectivity index is 1.96. The summed E-state index contributed by atoms with van der Waals surface area (Å²) in [7, 11) is 1.56. The minimum Gasteiger partial charge on any atom is -0.496 e. The average molecular weight is 358 g/mol. The van der Waals surface area contributed by atoms with E-state index in [1.54, 1.807) is 19.4 Å². The molecule has 1 N–H and O–H groups in total. The van der Waals surface area contributed by atoms with Crippen molar-refractivity contribution in [2.45, 2.75) is 25.3 Å². The molecule has 2 atom stereocenters. The molecule has 6 heteroatoms. The minimum absolute atomic E-state index is 0.197. The van der Waals surface area contributed by atoms with Crippen molar-refractivity contribution in [2.24, 2.45) is 5.92 Å². The highest BCUT2D eigenvalue weighted by molar-refractivity contribution is 5.70. The van der Waals surface area contributed by atoms with Crippen molar-refractivity contribution in [1.82, 2.24) is 9.88 Å². The Morgan fingerprint density at radius 3 is 2.96 bits per heavy atom. The smallest absolute Gasteiger partial charge is 0.307 e. The van der Waals surface area contributed by atoms with E-state index in [1.165, 1.54) is 12.1 Å². The van der Waals surface area contributed by atoms with Crippen LogP contribution in [-0.4, -0.2) is 41.2 Å². The Morgan fingerprint density at radius 2 is 2.27 bits per heavy atom. The van der Waals surface area contributed by atoms with Crippen LogP contribution in [-0.2, 0) is 11.2 Å². The number of aromatic nitrogens is 1. The van der Waals surface area contributed by atoms with Crippen molar-refractivity contribution < 1.29 is 19.0 Å². The Labute approximate surface area is 152 Å². The van der Waals surface area contributed by atoms with Gasteiger partial charge in [-0.3, -0.25) is 14.7 Å². The molecule has 1 aliphatic heterocycles. The lowest BCUT2D eigenvalue weighted by Crippen LogP contribution is -2.41. The Morgan fingerprint density at radius 1 is 1.42 bits per heavy atom. The van der Waals surface area contributed by atoms with Crippen molar-refractivity contribution in [2.75, 3.05) is 20.2 Å². The van der Waals surface area contributed by atoms with E-state index in [-0.39, 0.29) is 11.9 Å². The van der Waals surface area contributed by atoms with Crippen molar-refractivity contribution in [3.63, 3.8) is 0 Å². The zero-order valence-corrected chi connectivity index (χ0v) is 14.8. The van der Waals surface area contributed by atoms with Gasteiger partial charge >= 0.3 is 5.97 Å². The van der Waals surface area contributed by atoms with E-state index in [2.05, 4.69) is 9.88 Å². The molecule has 2 heterocycles. The van der Waals surface area contributed by atoms with Crippen molar-refractivity contribution in [3.8, 4) is 5.75 Å². The van der Waals surface area contributed by atoms with E-state index in [9.17, 15) is 14.3 Å². The molecule has 0 radical (unpaired) electrons. The molecular formula is C20H23FN2O3. The first-order chi connectivity index (χ1) is 12.6. The standard InChI is InChI=1S/C20H23FN2O3/c1-26-19-8-7-15(21)11-17(19)18(12-16-6-2-3-9-22-16)23-10-4-5-14(13-23)20(24)25/h2-3,6-9,11,14,18H,4-5,10,12-13H2,1H3,(H,24,25). The summed E-state index contributed by atoms with van der Waals surface area (Å²) in [6.45, 7) is 1.20. The fraction of sp³-hybridized carbons (Fsp3) is 0.400. The molecular weight excluding hydrogens is 335 g/mol. The largest absolute Gasteiger partial charge is 0.496 e. The third kappa shape index (κ3) is 4.19. The van der Waals surface area contributed by atoms with Crippen LogP contribution < -0.4 is 4.74 Å². The normalized spacial score (nSPS) is 19.1. The number of ether oxygens (including phenoxy) is 1. The van der Waals surface area contributed by atoms with Gasteiger partial charge in [-0.25, -0.2) is 4.39 Å². The highest BCUT2D eigenvalue weighted by atomic mass is 19.1. The number of aliphatic carboxylic acids is 1. The number of rotatable bonds is 6. The summed E-state index contributed by atoms with van der Waals surface area (Å²) in [5.41, 5.74) is 1.60. The van der Waals surface area contributed by atoms with Crippen molar-refractivity contribution in [1.29, 1.82) is 0 Å². The third-order valence-corrected chi connectivity index (χ3v) is 4.92. The molecule has 1 saturated heterocycles. The average Bonchev–Trinajstić information content (AvgIpc) is 2.67. The molecule has 0 bridgehead atoms. The first-order valence-corrected chi connectivity index (χ1v) is 8.78. The maximum atomic E-state index is 14.0. The van der Waals surface area contributed by atoms with Crippen LogP contribution in [0.5, 0.6) is 5.75 Å². The van der Waals surface area contributed by atoms with Crippen LogP contribution >= 0.6 is 0 Å². The number of benzene rings is 1. The maximum Gasteiger partial charge on any atom is 0.307 e. The predicted octanol–water partition coefficient (Wildman–Crippen LogP) is 3.31. The first kappa shape index (κ1) is 18.3. The van der Waals surface area contributed by atoms with Crippen molar-refractivity contribution in [3.05, 3.63) is 59.7 Å². The van der Waals surface area contributed by atoms with Crippen LogP contribution in [0.2, 0.25) is 0 Å². The number of likely N-dealkylation sites (tertiary alicyclic amines) is 1. The van der Waals surface area contributed by atoms with E-state index >= 15 is 0 Å². The molecule has 1 aliphatic rings. The van der Waals surface area contributed by atoms with E-state index in [4.69, 9.17) is 4.74 Å². The molecule has 1 aromatic carbocycles. The van der Waals surface area contributed by atoms with E-state index in [0.717, 1.165) is 24.2 Å². The lowest BCUT2D eigenvalue weighted by atomic mass is 9.92. The number of hydrogen-bond donors (Lipinski definition) is 1. The van der Waals surface area contributed by atoms with Crippen LogP contribution in [0.1, 0.15) is 30.1 Å². The molecule has 26 heavy (non-hydrogen) atoms. The maximum absolute atomic E-state index is 14.0. The fourth-order valence-corrected chi connectivity index (χ4v) is 3.61. The van der Waals surface area contributed by atoms with Gasteiger partial charge in [0.2, 0.25) is 0 Å². The Hall–Kier alpha value is -2.47. The zero-order chi connectivity index (χ0) is 18.5. The van der Waals surface area contributed by atoms with Gasteiger partial charge in [0.05, 0.1) is 13.0 Å². The number of carboxylic acids is 1. The summed E-state index contributed by atoms with van der Waals surface area (Å²) >= 11 is 0. The summed E-state index contributed by atoms with van der Waals surface area (Å²) in [5, 5.41) is 9.42. The third-order valence-electron chi connectivity index (χ3n) is 4.92. The van der Waals surface area contributed by atoms with Gasteiger partial charge in [-0.2, -0.15) is 0 Å². The van der Waals surface area contributed by atoms with Crippen molar-refractivity contribution >= 4 is 5.97 Å². The Bertz CT molecular complexity index is 754. The predicted molar refractivity (Wildman–Crippen MR) is 95.6 cm³/mol. The Kier molecular flexibility index (Phi) is 5.83. The summed E-state index contributed by atoms with van der Waals surface area (Å²) in [4.78, 5) is 18.0. The highest BCUT2D eigenvalue weighted by Gasteiger charge is 2.32. The number of methoxy groups -OCH3 is 1. The molecule has 0 amide bonds. The van der Waals surface area contributed by atoms with Gasteiger partial charge in [0.1, 0.15) is 11.6 Å². The second kappa shape index (κ2) is 8.27. The quantitative estimate of drug-likeness (QED) is 0.858. The van der Waals surface area contributed by atoms with Gasteiger partial charge in [0.25, 0.3) is 0 Å². The number of hydrogen-bond acceptors (Lipinski definition) is 4. The molecule has 0 aliphatic carbocycles. The number of carboxylic acid groups (broad SMARTS) is 1. The number of halogens is 1. The molecule has 138 valence electrons. The number of carbonyl (C=O) groups is 1. The SMILES string of the molecule is COc1ccc(F)cc1C(Cc1ccccn1)N1CCCC(C(=O)O)C1. The monoisotopic (exact) mass is 358 g/mol. The summed E-state index contributed by atoms with van der Waals surface area (Å²) in [5.74, 6) is -0.921. The molecule has 1 fully saturated rings. The summed E-state index contributed by atoms with van der Waals surface area (Å²) < 4.78 is 19.4. The molecule has 2 unspecified atom stereocenters. The molecule has 0 saturated carbocycles. The van der Waals surface area contributed by atoms with Crippen LogP contribution in [0.25, 0.3) is 0 Å². The van der Waals surface area contributed by atoms with Crippen LogP contribution in [0, 0.1) is 11.7 Å². The first-order valence-electron chi connectivity index (χ1n) is 8.78. The van der Waals surface area contributed by atoms with Gasteiger partial charge < -0.3 is 9.84 Å². The lowest BCUT2D eigenvalue weighted by Gasteiger charge is -2.37. The van der Waals surface area contributed by atoms with Gasteiger partial charge in [0, 0.05) is 36.5 Å². The number of nitrogens with zero attached hydrogens (tertiary/aromatic N) is 2. The molecule has 0 spiro atoms. The number of pyridine rings is 1. The van der Waals surface area contributed by atoms with Gasteiger partial charge in [-0.1, -0.05) is 6.07 Å². The van der Waals surface area contributed by atoms with Crippen LogP contribution in [0.3, 0.4) is 0 Å². The highest BCUT2D eigenvalue weighted by Crippen LogP contribution is 2.35. The van der Waals surface area contributed by atoms with E-state index in [1.807, 2.05) is 18.2 Å². The van der Waals surface area contributed by atoms with Gasteiger partial charge in [-0.15, -0.1) is 0 Å². The summed E-state index contributed by atoms with van der Waals surface area (Å²) in [6.07, 6.45) is 3.76. The topological polar surface area (TPSA) is 62.7 Å².